The highest BCUT2D eigenvalue weighted by atomic mass is 35.5. The van der Waals surface area contributed by atoms with Gasteiger partial charge in [-0.3, -0.25) is 0 Å². The van der Waals surface area contributed by atoms with E-state index in [0.717, 1.165) is 19.4 Å². The van der Waals surface area contributed by atoms with Crippen molar-refractivity contribution in [1.82, 2.24) is 4.90 Å². The van der Waals surface area contributed by atoms with E-state index in [0.29, 0.717) is 35.4 Å². The number of amides is 2. The highest BCUT2D eigenvalue weighted by molar-refractivity contribution is 6.35. The minimum atomic E-state index is -0.176. The predicted molar refractivity (Wildman–Crippen MR) is 85.8 cm³/mol. The first-order valence-corrected chi connectivity index (χ1v) is 8.12. The molecule has 2 amide bonds. The number of anilines is 1. The van der Waals surface area contributed by atoms with E-state index in [4.69, 9.17) is 32.7 Å². The summed E-state index contributed by atoms with van der Waals surface area (Å²) in [6, 6.07) is 4.79. The van der Waals surface area contributed by atoms with Gasteiger partial charge in [-0.1, -0.05) is 23.2 Å². The van der Waals surface area contributed by atoms with E-state index in [1.165, 1.54) is 0 Å². The maximum Gasteiger partial charge on any atom is 0.322 e. The lowest BCUT2D eigenvalue weighted by Gasteiger charge is -2.35. The number of carbonyl (C=O) groups excluding carboxylic acids is 1. The Balaban J connectivity index is 1.61. The number of nitrogens with one attached hydrogen (secondary N) is 1. The van der Waals surface area contributed by atoms with Crippen molar-refractivity contribution in [2.24, 2.45) is 0 Å². The molecule has 0 radical (unpaired) electrons. The summed E-state index contributed by atoms with van der Waals surface area (Å²) in [7, 11) is 0. The molecule has 0 spiro atoms. The van der Waals surface area contributed by atoms with Crippen LogP contribution in [0, 0.1) is 0 Å². The highest BCUT2D eigenvalue weighted by Crippen LogP contribution is 2.24. The first-order chi connectivity index (χ1) is 10.6. The van der Waals surface area contributed by atoms with Gasteiger partial charge in [-0.2, -0.15) is 0 Å². The van der Waals surface area contributed by atoms with Crippen molar-refractivity contribution in [1.29, 1.82) is 0 Å². The number of hydrogen-bond acceptors (Lipinski definition) is 3. The van der Waals surface area contributed by atoms with Crippen LogP contribution in [0.15, 0.2) is 18.2 Å². The summed E-state index contributed by atoms with van der Waals surface area (Å²) in [6.07, 6.45) is 2.09. The lowest BCUT2D eigenvalue weighted by Crippen LogP contribution is -2.51. The Morgan fingerprint density at radius 2 is 1.86 bits per heavy atom. The third-order valence-corrected chi connectivity index (χ3v) is 4.31. The van der Waals surface area contributed by atoms with Gasteiger partial charge in [0.05, 0.1) is 19.3 Å². The Morgan fingerprint density at radius 1 is 1.14 bits per heavy atom. The fourth-order valence-corrected chi connectivity index (χ4v) is 3.34. The normalized spacial score (nSPS) is 25.3. The molecule has 2 aliphatic heterocycles. The molecule has 2 aliphatic rings. The van der Waals surface area contributed by atoms with Gasteiger partial charge < -0.3 is 19.7 Å². The van der Waals surface area contributed by atoms with Crippen LogP contribution in [0.4, 0.5) is 10.5 Å². The monoisotopic (exact) mass is 344 g/mol. The van der Waals surface area contributed by atoms with Crippen LogP contribution < -0.4 is 5.32 Å². The molecular weight excluding hydrogens is 327 g/mol. The molecule has 0 saturated carbocycles. The number of benzene rings is 1. The zero-order valence-corrected chi connectivity index (χ0v) is 13.6. The topological polar surface area (TPSA) is 50.8 Å². The lowest BCUT2D eigenvalue weighted by atomic mass is 10.1. The van der Waals surface area contributed by atoms with Crippen LogP contribution >= 0.6 is 23.2 Å². The minimum Gasteiger partial charge on any atom is -0.375 e. The fourth-order valence-electron chi connectivity index (χ4n) is 2.81. The molecule has 22 heavy (non-hydrogen) atoms. The average molecular weight is 345 g/mol. The van der Waals surface area contributed by atoms with E-state index >= 15 is 0 Å². The molecule has 1 aromatic rings. The number of carbonyl (C=O) groups is 1. The second-order valence-corrected chi connectivity index (χ2v) is 6.37. The summed E-state index contributed by atoms with van der Waals surface area (Å²) in [4.78, 5) is 14.1. The highest BCUT2D eigenvalue weighted by Gasteiger charge is 2.32. The lowest BCUT2D eigenvalue weighted by molar-refractivity contribution is -0.0839. The van der Waals surface area contributed by atoms with E-state index in [1.54, 1.807) is 23.1 Å². The minimum absolute atomic E-state index is 0.0510. The largest absolute Gasteiger partial charge is 0.375 e. The predicted octanol–water partition coefficient (Wildman–Crippen LogP) is 3.41. The second-order valence-electron chi connectivity index (χ2n) is 5.50. The molecule has 2 atom stereocenters. The van der Waals surface area contributed by atoms with Gasteiger partial charge in [0.15, 0.2) is 0 Å². The van der Waals surface area contributed by atoms with Crippen LogP contribution in [0.1, 0.15) is 12.8 Å². The number of nitrogens with zero attached hydrogens (tertiary/aromatic N) is 1. The molecule has 5 nitrogen and oxygen atoms in total. The van der Waals surface area contributed by atoms with Crippen molar-refractivity contribution in [2.45, 2.75) is 25.0 Å². The maximum atomic E-state index is 12.4. The molecule has 0 aromatic heterocycles. The van der Waals surface area contributed by atoms with E-state index in [1.807, 2.05) is 0 Å². The SMILES string of the molecule is O=C(Nc1cc(Cl)cc(Cl)c1)N1CCO[C@@H]([C@@H]2CCCO2)C1. The van der Waals surface area contributed by atoms with E-state index in [2.05, 4.69) is 5.32 Å². The van der Waals surface area contributed by atoms with Gasteiger partial charge in [-0.05, 0) is 31.0 Å². The van der Waals surface area contributed by atoms with Crippen LogP contribution in [0.25, 0.3) is 0 Å². The van der Waals surface area contributed by atoms with Crippen LogP contribution in [0.5, 0.6) is 0 Å². The maximum absolute atomic E-state index is 12.4. The second kappa shape index (κ2) is 7.04. The summed E-state index contributed by atoms with van der Waals surface area (Å²) in [5, 5.41) is 3.80. The van der Waals surface area contributed by atoms with E-state index in [9.17, 15) is 4.79 Å². The molecule has 7 heteroatoms. The molecule has 0 bridgehead atoms. The first-order valence-electron chi connectivity index (χ1n) is 7.37. The molecule has 120 valence electrons. The van der Waals surface area contributed by atoms with Crippen molar-refractivity contribution in [3.63, 3.8) is 0 Å². The smallest absolute Gasteiger partial charge is 0.322 e. The molecule has 3 rings (SSSR count). The summed E-state index contributed by atoms with van der Waals surface area (Å²) in [5.74, 6) is 0. The molecule has 0 aliphatic carbocycles. The Hall–Kier alpha value is -1.01. The van der Waals surface area contributed by atoms with Crippen molar-refractivity contribution in [3.05, 3.63) is 28.2 Å². The van der Waals surface area contributed by atoms with Gasteiger partial charge in [-0.25, -0.2) is 4.79 Å². The van der Waals surface area contributed by atoms with Crippen LogP contribution in [-0.2, 0) is 9.47 Å². The zero-order valence-electron chi connectivity index (χ0n) is 12.1. The number of halogens is 2. The van der Waals surface area contributed by atoms with Crippen LogP contribution in [0.2, 0.25) is 10.0 Å². The number of ether oxygens (including phenoxy) is 2. The molecule has 2 heterocycles. The Labute approximate surface area is 139 Å². The number of urea groups is 1. The van der Waals surface area contributed by atoms with Gasteiger partial charge in [0, 0.05) is 28.9 Å². The quantitative estimate of drug-likeness (QED) is 0.894. The van der Waals surface area contributed by atoms with Crippen molar-refractivity contribution >= 4 is 34.9 Å². The summed E-state index contributed by atoms with van der Waals surface area (Å²) >= 11 is 11.9. The molecule has 0 unspecified atom stereocenters. The van der Waals surface area contributed by atoms with Crippen molar-refractivity contribution in [3.8, 4) is 0 Å². The molecule has 1 aromatic carbocycles. The zero-order chi connectivity index (χ0) is 15.5. The molecule has 2 fully saturated rings. The van der Waals surface area contributed by atoms with Gasteiger partial charge in [0.2, 0.25) is 0 Å². The van der Waals surface area contributed by atoms with Gasteiger partial charge in [0.1, 0.15) is 6.10 Å². The Kier molecular flexibility index (Phi) is 5.08. The average Bonchev–Trinajstić information content (AvgIpc) is 3.00. The molecule has 2 saturated heterocycles. The number of hydrogen-bond donors (Lipinski definition) is 1. The van der Waals surface area contributed by atoms with E-state index < -0.39 is 0 Å². The Bertz CT molecular complexity index is 529. The van der Waals surface area contributed by atoms with Crippen LogP contribution in [-0.4, -0.2) is 49.4 Å². The van der Waals surface area contributed by atoms with Gasteiger partial charge >= 0.3 is 6.03 Å². The number of rotatable bonds is 2. The summed E-state index contributed by atoms with van der Waals surface area (Å²) < 4.78 is 11.4. The molecular formula is C15H18Cl2N2O3. The third kappa shape index (κ3) is 3.84. The van der Waals surface area contributed by atoms with Gasteiger partial charge in [0.25, 0.3) is 0 Å². The standard InChI is InChI=1S/C15H18Cl2N2O3/c16-10-6-11(17)8-12(7-10)18-15(20)19-3-5-22-14(9-19)13-2-1-4-21-13/h6-8,13-14H,1-5,9H2,(H,18,20)/t13-,14+/m0/s1. The Morgan fingerprint density at radius 3 is 2.55 bits per heavy atom. The molecule has 1 N–H and O–H groups in total. The summed E-state index contributed by atoms with van der Waals surface area (Å²) in [5.41, 5.74) is 0.586. The fraction of sp³-hybridized carbons (Fsp3) is 0.533. The van der Waals surface area contributed by atoms with Crippen LogP contribution in [0.3, 0.4) is 0 Å². The van der Waals surface area contributed by atoms with Crippen molar-refractivity contribution < 1.29 is 14.3 Å². The van der Waals surface area contributed by atoms with Gasteiger partial charge in [-0.15, -0.1) is 0 Å². The first kappa shape index (κ1) is 15.9. The number of morpholine rings is 1. The summed E-state index contributed by atoms with van der Waals surface area (Å²) in [6.45, 7) is 2.39. The third-order valence-electron chi connectivity index (χ3n) is 3.87. The van der Waals surface area contributed by atoms with Crippen molar-refractivity contribution in [2.75, 3.05) is 31.6 Å². The van der Waals surface area contributed by atoms with E-state index in [-0.39, 0.29) is 18.2 Å².